The number of carbonyl (C=O) groups excluding carboxylic acids is 1. The zero-order valence-corrected chi connectivity index (χ0v) is 12.5. The maximum atomic E-state index is 12.2. The summed E-state index contributed by atoms with van der Waals surface area (Å²) in [5, 5.41) is 5.11. The fourth-order valence-corrected chi connectivity index (χ4v) is 3.06. The van der Waals surface area contributed by atoms with Gasteiger partial charge in [-0.15, -0.1) is 23.7 Å². The molecule has 1 saturated carbocycles. The molecule has 1 fully saturated rings. The molecule has 3 N–H and O–H groups in total. The highest BCUT2D eigenvalue weighted by molar-refractivity contribution is 7.12. The highest BCUT2D eigenvalue weighted by Crippen LogP contribution is 2.39. The lowest BCUT2D eigenvalue weighted by atomic mass is 9.95. The maximum absolute atomic E-state index is 12.2. The molecule has 0 saturated heterocycles. The van der Waals surface area contributed by atoms with Crippen molar-refractivity contribution in [2.75, 3.05) is 6.54 Å². The third kappa shape index (κ3) is 3.05. The average molecular weight is 289 g/mol. The molecule has 1 amide bonds. The first-order valence-electron chi connectivity index (χ1n) is 6.19. The number of thiophene rings is 1. The van der Waals surface area contributed by atoms with E-state index in [1.165, 1.54) is 24.2 Å². The van der Waals surface area contributed by atoms with Crippen LogP contribution in [-0.2, 0) is 6.42 Å². The van der Waals surface area contributed by atoms with E-state index in [1.54, 1.807) is 0 Å². The van der Waals surface area contributed by atoms with Crippen molar-refractivity contribution in [2.45, 2.75) is 38.6 Å². The topological polar surface area (TPSA) is 55.1 Å². The Labute approximate surface area is 119 Å². The predicted octanol–water partition coefficient (Wildman–Crippen LogP) is 2.59. The second kappa shape index (κ2) is 6.04. The highest BCUT2D eigenvalue weighted by atomic mass is 35.5. The molecule has 1 aromatic heterocycles. The Morgan fingerprint density at radius 3 is 2.78 bits per heavy atom. The molecule has 0 aromatic carbocycles. The van der Waals surface area contributed by atoms with Crippen LogP contribution in [0.15, 0.2) is 11.4 Å². The lowest BCUT2D eigenvalue weighted by Crippen LogP contribution is -2.53. The van der Waals surface area contributed by atoms with E-state index in [4.69, 9.17) is 5.73 Å². The van der Waals surface area contributed by atoms with Crippen molar-refractivity contribution in [3.8, 4) is 0 Å². The minimum absolute atomic E-state index is 0. The molecule has 0 aliphatic heterocycles. The first-order valence-corrected chi connectivity index (χ1v) is 7.07. The minimum Gasteiger partial charge on any atom is -0.345 e. The molecule has 2 rings (SSSR count). The van der Waals surface area contributed by atoms with E-state index in [0.29, 0.717) is 12.5 Å². The smallest absolute Gasteiger partial charge is 0.262 e. The minimum atomic E-state index is -0.230. The van der Waals surface area contributed by atoms with E-state index >= 15 is 0 Å². The first kappa shape index (κ1) is 15.5. The van der Waals surface area contributed by atoms with Gasteiger partial charge < -0.3 is 11.1 Å². The van der Waals surface area contributed by atoms with Gasteiger partial charge in [0.25, 0.3) is 5.91 Å². The third-order valence-corrected chi connectivity index (χ3v) is 4.59. The van der Waals surface area contributed by atoms with E-state index in [2.05, 4.69) is 19.2 Å². The van der Waals surface area contributed by atoms with E-state index < -0.39 is 0 Å². The summed E-state index contributed by atoms with van der Waals surface area (Å²) in [7, 11) is 0. The summed E-state index contributed by atoms with van der Waals surface area (Å²) in [5.74, 6) is 0.596. The molecule has 1 aliphatic rings. The van der Waals surface area contributed by atoms with Gasteiger partial charge in [-0.25, -0.2) is 0 Å². The van der Waals surface area contributed by atoms with Gasteiger partial charge in [-0.3, -0.25) is 4.79 Å². The molecule has 1 aliphatic carbocycles. The maximum Gasteiger partial charge on any atom is 0.262 e. The van der Waals surface area contributed by atoms with Crippen LogP contribution in [0.1, 0.15) is 41.9 Å². The van der Waals surface area contributed by atoms with Crippen molar-refractivity contribution >= 4 is 29.7 Å². The highest BCUT2D eigenvalue weighted by Gasteiger charge is 2.41. The normalized spacial score (nSPS) is 17.7. The molecule has 1 atom stereocenters. The largest absolute Gasteiger partial charge is 0.345 e. The van der Waals surface area contributed by atoms with Crippen molar-refractivity contribution in [1.82, 2.24) is 5.32 Å². The Hall–Kier alpha value is -0.580. The number of hydrogen-bond acceptors (Lipinski definition) is 3. The Morgan fingerprint density at radius 2 is 2.28 bits per heavy atom. The van der Waals surface area contributed by atoms with Crippen LogP contribution < -0.4 is 11.1 Å². The molecule has 5 heteroatoms. The Bertz CT molecular complexity index is 417. The molecule has 0 radical (unpaired) electrons. The molecule has 0 bridgehead atoms. The van der Waals surface area contributed by atoms with Crippen LogP contribution in [0.25, 0.3) is 0 Å². The van der Waals surface area contributed by atoms with Gasteiger partial charge in [0.1, 0.15) is 0 Å². The zero-order valence-electron chi connectivity index (χ0n) is 10.9. The number of halogens is 1. The molecule has 102 valence electrons. The van der Waals surface area contributed by atoms with Crippen LogP contribution in [0.3, 0.4) is 0 Å². The standard InChI is InChI=1S/C13H20N2OS.ClH/c1-3-9-6-7-17-11(9)12(16)15-13(2,8-14)10-4-5-10;/h6-7,10H,3-5,8,14H2,1-2H3,(H,15,16);1H. The second-order valence-electron chi connectivity index (χ2n) is 4.98. The SMILES string of the molecule is CCc1ccsc1C(=O)NC(C)(CN)C1CC1.Cl. The monoisotopic (exact) mass is 288 g/mol. The third-order valence-electron chi connectivity index (χ3n) is 3.64. The van der Waals surface area contributed by atoms with Crippen LogP contribution in [0.2, 0.25) is 0 Å². The molecule has 3 nitrogen and oxygen atoms in total. The van der Waals surface area contributed by atoms with E-state index in [0.717, 1.165) is 16.9 Å². The summed E-state index contributed by atoms with van der Waals surface area (Å²) in [4.78, 5) is 13.1. The number of rotatable bonds is 5. The van der Waals surface area contributed by atoms with Crippen molar-refractivity contribution in [1.29, 1.82) is 0 Å². The number of aryl methyl sites for hydroxylation is 1. The van der Waals surface area contributed by atoms with Crippen molar-refractivity contribution in [3.63, 3.8) is 0 Å². The first-order chi connectivity index (χ1) is 8.10. The lowest BCUT2D eigenvalue weighted by Gasteiger charge is -2.29. The van der Waals surface area contributed by atoms with E-state index in [1.807, 2.05) is 11.4 Å². The van der Waals surface area contributed by atoms with Gasteiger partial charge in [0, 0.05) is 6.54 Å². The Kier molecular flexibility index (Phi) is 5.20. The predicted molar refractivity (Wildman–Crippen MR) is 78.6 cm³/mol. The summed E-state index contributed by atoms with van der Waals surface area (Å²) < 4.78 is 0. The molecule has 18 heavy (non-hydrogen) atoms. The fraction of sp³-hybridized carbons (Fsp3) is 0.615. The Balaban J connectivity index is 0.00000162. The van der Waals surface area contributed by atoms with Crippen molar-refractivity contribution < 1.29 is 4.79 Å². The van der Waals surface area contributed by atoms with Crippen LogP contribution >= 0.6 is 23.7 Å². The van der Waals surface area contributed by atoms with Crippen LogP contribution in [0.4, 0.5) is 0 Å². The van der Waals surface area contributed by atoms with Crippen LogP contribution in [0, 0.1) is 5.92 Å². The average Bonchev–Trinajstić information content (AvgIpc) is 3.07. The second-order valence-corrected chi connectivity index (χ2v) is 5.89. The van der Waals surface area contributed by atoms with E-state index in [9.17, 15) is 4.79 Å². The summed E-state index contributed by atoms with van der Waals surface area (Å²) in [6.07, 6.45) is 3.26. The fourth-order valence-electron chi connectivity index (χ4n) is 2.17. The quantitative estimate of drug-likeness (QED) is 0.875. The molecule has 1 aromatic rings. The van der Waals surface area contributed by atoms with Crippen LogP contribution in [-0.4, -0.2) is 18.0 Å². The van der Waals surface area contributed by atoms with Gasteiger partial charge in [0.15, 0.2) is 0 Å². The van der Waals surface area contributed by atoms with Crippen molar-refractivity contribution in [3.05, 3.63) is 21.9 Å². The molecular formula is C13H21ClN2OS. The number of nitrogens with one attached hydrogen (secondary N) is 1. The van der Waals surface area contributed by atoms with Gasteiger partial charge in [0.2, 0.25) is 0 Å². The summed E-state index contributed by atoms with van der Waals surface area (Å²) in [6.45, 7) is 4.64. The van der Waals surface area contributed by atoms with Gasteiger partial charge in [0.05, 0.1) is 10.4 Å². The summed E-state index contributed by atoms with van der Waals surface area (Å²) in [6, 6.07) is 2.02. The van der Waals surface area contributed by atoms with E-state index in [-0.39, 0.29) is 23.9 Å². The molecular weight excluding hydrogens is 268 g/mol. The van der Waals surface area contributed by atoms with Gasteiger partial charge in [-0.05, 0) is 49.1 Å². The number of carbonyl (C=O) groups is 1. The van der Waals surface area contributed by atoms with Gasteiger partial charge in [-0.1, -0.05) is 6.92 Å². The lowest BCUT2D eigenvalue weighted by molar-refractivity contribution is 0.0901. The van der Waals surface area contributed by atoms with Gasteiger partial charge >= 0.3 is 0 Å². The number of amides is 1. The van der Waals surface area contributed by atoms with Crippen LogP contribution in [0.5, 0.6) is 0 Å². The van der Waals surface area contributed by atoms with Gasteiger partial charge in [-0.2, -0.15) is 0 Å². The Morgan fingerprint density at radius 1 is 1.61 bits per heavy atom. The number of hydrogen-bond donors (Lipinski definition) is 2. The summed E-state index contributed by atoms with van der Waals surface area (Å²) >= 11 is 1.51. The van der Waals surface area contributed by atoms with Crippen molar-refractivity contribution in [2.24, 2.45) is 11.7 Å². The molecule has 1 heterocycles. The molecule has 0 spiro atoms. The summed E-state index contributed by atoms with van der Waals surface area (Å²) in [5.41, 5.74) is 6.71. The zero-order chi connectivity index (χ0) is 12.5. The molecule has 1 unspecified atom stereocenters. The number of nitrogens with two attached hydrogens (primary N) is 1.